The molecule has 0 saturated heterocycles. The van der Waals surface area contributed by atoms with Crippen LogP contribution < -0.4 is 10.1 Å². The molecule has 0 saturated carbocycles. The number of methoxy groups -OCH3 is 1. The maximum atomic E-state index is 11.0. The Balaban J connectivity index is 1.82. The molecule has 0 amide bonds. The van der Waals surface area contributed by atoms with Gasteiger partial charge in [0.15, 0.2) is 5.82 Å². The highest BCUT2D eigenvalue weighted by atomic mass is 16.6. The van der Waals surface area contributed by atoms with Crippen LogP contribution in [-0.2, 0) is 6.54 Å². The van der Waals surface area contributed by atoms with E-state index in [-0.39, 0.29) is 5.69 Å². The second-order valence-corrected chi connectivity index (χ2v) is 5.71. The van der Waals surface area contributed by atoms with E-state index in [9.17, 15) is 10.1 Å². The lowest BCUT2D eigenvalue weighted by atomic mass is 10.1. The number of nitro groups is 1. The number of aromatic nitrogens is 4. The SMILES string of the molecule is COc1ccc([N+](=O)[O-])cc1CNc1cncc(-n2nc(C)cc2C)n1. The minimum absolute atomic E-state index is 0.00470. The van der Waals surface area contributed by atoms with Crippen molar-refractivity contribution >= 4 is 11.5 Å². The number of hydrogen-bond donors (Lipinski definition) is 1. The van der Waals surface area contributed by atoms with Crippen LogP contribution in [0.4, 0.5) is 11.5 Å². The highest BCUT2D eigenvalue weighted by molar-refractivity contribution is 5.46. The summed E-state index contributed by atoms with van der Waals surface area (Å²) in [6, 6.07) is 6.42. The monoisotopic (exact) mass is 354 g/mol. The molecule has 1 N–H and O–H groups in total. The normalized spacial score (nSPS) is 10.6. The molecule has 1 aromatic carbocycles. The van der Waals surface area contributed by atoms with E-state index in [4.69, 9.17) is 4.74 Å². The van der Waals surface area contributed by atoms with Crippen LogP contribution >= 0.6 is 0 Å². The Morgan fingerprint density at radius 2 is 2.08 bits per heavy atom. The van der Waals surface area contributed by atoms with Crippen molar-refractivity contribution in [3.8, 4) is 11.6 Å². The van der Waals surface area contributed by atoms with Crippen molar-refractivity contribution in [2.45, 2.75) is 20.4 Å². The van der Waals surface area contributed by atoms with E-state index in [2.05, 4.69) is 20.4 Å². The Morgan fingerprint density at radius 3 is 2.73 bits per heavy atom. The van der Waals surface area contributed by atoms with E-state index >= 15 is 0 Å². The van der Waals surface area contributed by atoms with Gasteiger partial charge in [0, 0.05) is 29.9 Å². The molecule has 9 heteroatoms. The fourth-order valence-electron chi connectivity index (χ4n) is 2.61. The lowest BCUT2D eigenvalue weighted by molar-refractivity contribution is -0.384. The molecule has 2 heterocycles. The fourth-order valence-corrected chi connectivity index (χ4v) is 2.61. The molecular weight excluding hydrogens is 336 g/mol. The van der Waals surface area contributed by atoms with Crippen LogP contribution in [0.5, 0.6) is 5.75 Å². The number of benzene rings is 1. The van der Waals surface area contributed by atoms with Gasteiger partial charge in [0.25, 0.3) is 5.69 Å². The van der Waals surface area contributed by atoms with Crippen LogP contribution in [0.25, 0.3) is 5.82 Å². The Hall–Kier alpha value is -3.49. The van der Waals surface area contributed by atoms with E-state index in [1.165, 1.54) is 19.2 Å². The molecular formula is C17H18N6O3. The smallest absolute Gasteiger partial charge is 0.270 e. The van der Waals surface area contributed by atoms with E-state index in [0.717, 1.165) is 11.4 Å². The molecule has 2 aromatic heterocycles. The maximum absolute atomic E-state index is 11.0. The minimum atomic E-state index is -0.438. The van der Waals surface area contributed by atoms with Gasteiger partial charge in [0.2, 0.25) is 0 Å². The van der Waals surface area contributed by atoms with Crippen LogP contribution in [0.15, 0.2) is 36.7 Å². The first-order chi connectivity index (χ1) is 12.5. The van der Waals surface area contributed by atoms with E-state index in [1.807, 2.05) is 19.9 Å². The molecule has 0 aliphatic heterocycles. The van der Waals surface area contributed by atoms with Gasteiger partial charge in [-0.3, -0.25) is 15.1 Å². The third-order valence-corrected chi connectivity index (χ3v) is 3.78. The van der Waals surface area contributed by atoms with Crippen LogP contribution in [0.3, 0.4) is 0 Å². The van der Waals surface area contributed by atoms with Gasteiger partial charge < -0.3 is 10.1 Å². The molecule has 0 unspecified atom stereocenters. The number of aryl methyl sites for hydroxylation is 2. The van der Waals surface area contributed by atoms with Crippen LogP contribution in [0.2, 0.25) is 0 Å². The lowest BCUT2D eigenvalue weighted by Gasteiger charge is -2.11. The summed E-state index contributed by atoms with van der Waals surface area (Å²) >= 11 is 0. The number of nitrogens with one attached hydrogen (secondary N) is 1. The van der Waals surface area contributed by atoms with Crippen molar-refractivity contribution in [3.63, 3.8) is 0 Å². The average Bonchev–Trinajstić information content (AvgIpc) is 2.98. The predicted octanol–water partition coefficient (Wildman–Crippen LogP) is 2.81. The zero-order valence-corrected chi connectivity index (χ0v) is 14.6. The van der Waals surface area contributed by atoms with Gasteiger partial charge in [0.1, 0.15) is 11.6 Å². The van der Waals surface area contributed by atoms with E-state index < -0.39 is 4.92 Å². The highest BCUT2D eigenvalue weighted by Crippen LogP contribution is 2.24. The van der Waals surface area contributed by atoms with Gasteiger partial charge in [-0.1, -0.05) is 0 Å². The summed E-state index contributed by atoms with van der Waals surface area (Å²) in [5.41, 5.74) is 2.50. The Morgan fingerprint density at radius 1 is 1.27 bits per heavy atom. The van der Waals surface area contributed by atoms with Crippen LogP contribution in [-0.4, -0.2) is 31.8 Å². The Bertz CT molecular complexity index is 953. The molecule has 0 spiro atoms. The summed E-state index contributed by atoms with van der Waals surface area (Å²) in [5, 5.41) is 18.5. The summed E-state index contributed by atoms with van der Waals surface area (Å²) in [6.45, 7) is 4.16. The summed E-state index contributed by atoms with van der Waals surface area (Å²) in [6.07, 6.45) is 3.21. The zero-order valence-electron chi connectivity index (χ0n) is 14.6. The predicted molar refractivity (Wildman–Crippen MR) is 95.6 cm³/mol. The fraction of sp³-hybridized carbons (Fsp3) is 0.235. The second kappa shape index (κ2) is 7.18. The molecule has 3 rings (SSSR count). The van der Waals surface area contributed by atoms with Crippen LogP contribution in [0, 0.1) is 24.0 Å². The molecule has 0 fully saturated rings. The van der Waals surface area contributed by atoms with Crippen molar-refractivity contribution in [3.05, 3.63) is 63.7 Å². The van der Waals surface area contributed by atoms with Crippen molar-refractivity contribution in [2.75, 3.05) is 12.4 Å². The summed E-state index contributed by atoms with van der Waals surface area (Å²) in [7, 11) is 1.52. The number of nitrogens with zero attached hydrogens (tertiary/aromatic N) is 5. The van der Waals surface area contributed by atoms with E-state index in [1.54, 1.807) is 23.1 Å². The molecule has 0 radical (unpaired) electrons. The zero-order chi connectivity index (χ0) is 18.7. The molecule has 0 aliphatic rings. The van der Waals surface area contributed by atoms with Crippen LogP contribution in [0.1, 0.15) is 17.0 Å². The third kappa shape index (κ3) is 3.61. The second-order valence-electron chi connectivity index (χ2n) is 5.71. The van der Waals surface area contributed by atoms with Gasteiger partial charge in [-0.15, -0.1) is 0 Å². The largest absolute Gasteiger partial charge is 0.496 e. The molecule has 0 aliphatic carbocycles. The number of anilines is 1. The molecule has 26 heavy (non-hydrogen) atoms. The standard InChI is InChI=1S/C17H18N6O3/c1-11-6-12(2)22(21-11)17-10-18-9-16(20-17)19-8-13-7-14(23(24)25)4-5-15(13)26-3/h4-7,9-10H,8H2,1-3H3,(H,19,20). The number of nitro benzene ring substituents is 1. The third-order valence-electron chi connectivity index (χ3n) is 3.78. The van der Waals surface area contributed by atoms with Crippen molar-refractivity contribution in [1.29, 1.82) is 0 Å². The van der Waals surface area contributed by atoms with Gasteiger partial charge in [-0.25, -0.2) is 9.67 Å². The summed E-state index contributed by atoms with van der Waals surface area (Å²) in [5.74, 6) is 1.68. The number of hydrogen-bond acceptors (Lipinski definition) is 7. The summed E-state index contributed by atoms with van der Waals surface area (Å²) in [4.78, 5) is 19.2. The Labute approximate surface area is 149 Å². The number of non-ortho nitro benzene ring substituents is 1. The van der Waals surface area contributed by atoms with Crippen molar-refractivity contribution in [1.82, 2.24) is 19.7 Å². The maximum Gasteiger partial charge on any atom is 0.270 e. The number of rotatable bonds is 6. The average molecular weight is 354 g/mol. The van der Waals surface area contributed by atoms with Gasteiger partial charge in [-0.2, -0.15) is 5.10 Å². The number of ether oxygens (including phenoxy) is 1. The van der Waals surface area contributed by atoms with Gasteiger partial charge in [0.05, 0.1) is 30.1 Å². The van der Waals surface area contributed by atoms with Crippen molar-refractivity contribution < 1.29 is 9.66 Å². The highest BCUT2D eigenvalue weighted by Gasteiger charge is 2.12. The quantitative estimate of drug-likeness (QED) is 0.535. The summed E-state index contributed by atoms with van der Waals surface area (Å²) < 4.78 is 6.98. The topological polar surface area (TPSA) is 108 Å². The van der Waals surface area contributed by atoms with E-state index in [0.29, 0.717) is 29.5 Å². The molecule has 9 nitrogen and oxygen atoms in total. The molecule has 0 atom stereocenters. The Kier molecular flexibility index (Phi) is 4.78. The minimum Gasteiger partial charge on any atom is -0.496 e. The van der Waals surface area contributed by atoms with Gasteiger partial charge in [-0.05, 0) is 26.0 Å². The first kappa shape index (κ1) is 17.3. The van der Waals surface area contributed by atoms with Gasteiger partial charge >= 0.3 is 0 Å². The lowest BCUT2D eigenvalue weighted by Crippen LogP contribution is -2.08. The van der Waals surface area contributed by atoms with Crippen molar-refractivity contribution in [2.24, 2.45) is 0 Å². The first-order valence-electron chi connectivity index (χ1n) is 7.89. The molecule has 3 aromatic rings. The molecule has 0 bridgehead atoms. The first-order valence-corrected chi connectivity index (χ1v) is 7.89. The molecule has 134 valence electrons.